The van der Waals surface area contributed by atoms with Gasteiger partial charge in [-0.05, 0) is 24.3 Å². The number of hydrogen-bond donors (Lipinski definition) is 1. The summed E-state index contributed by atoms with van der Waals surface area (Å²) < 4.78 is 15.9. The molecule has 0 saturated heterocycles. The molecule has 6 nitrogen and oxygen atoms in total. The van der Waals surface area contributed by atoms with Gasteiger partial charge in [0, 0.05) is 16.7 Å². The van der Waals surface area contributed by atoms with E-state index in [2.05, 4.69) is 10.5 Å². The summed E-state index contributed by atoms with van der Waals surface area (Å²) in [5.41, 5.74) is 3.31. The van der Waals surface area contributed by atoms with E-state index in [1.54, 1.807) is 18.2 Å². The number of amides is 1. The Morgan fingerprint density at radius 2 is 2.00 bits per heavy atom. The first-order chi connectivity index (χ1) is 11.6. The maximum atomic E-state index is 12.1. The highest BCUT2D eigenvalue weighted by atomic mass is 35.5. The molecule has 0 fully saturated rings. The number of halogens is 2. The molecule has 1 aliphatic rings. The Morgan fingerprint density at radius 1 is 1.25 bits per heavy atom. The third-order valence-corrected chi connectivity index (χ3v) is 3.82. The first-order valence-electron chi connectivity index (χ1n) is 6.84. The molecule has 8 heteroatoms. The molecule has 1 aliphatic heterocycles. The average Bonchev–Trinajstić information content (AvgIpc) is 3.01. The largest absolute Gasteiger partial charge is 0.496 e. The molecule has 0 saturated carbocycles. The SMILES string of the molecule is COc1cc2c(cc1/C=N/NC(=O)c1ccc(Cl)cc1Cl)OCO2. The Labute approximate surface area is 147 Å². The second kappa shape index (κ2) is 6.98. The number of hydrogen-bond acceptors (Lipinski definition) is 5. The molecule has 0 spiro atoms. The molecular weight excluding hydrogens is 355 g/mol. The van der Waals surface area contributed by atoms with Crippen molar-refractivity contribution in [3.8, 4) is 17.2 Å². The molecule has 0 radical (unpaired) electrons. The molecule has 3 rings (SSSR count). The minimum Gasteiger partial charge on any atom is -0.496 e. The van der Waals surface area contributed by atoms with Gasteiger partial charge in [-0.15, -0.1) is 0 Å². The van der Waals surface area contributed by atoms with Crippen LogP contribution in [0.5, 0.6) is 17.2 Å². The lowest BCUT2D eigenvalue weighted by Gasteiger charge is -2.06. The van der Waals surface area contributed by atoms with Crippen LogP contribution in [0.3, 0.4) is 0 Å². The molecule has 124 valence electrons. The number of carbonyl (C=O) groups excluding carboxylic acids is 1. The van der Waals surface area contributed by atoms with Crippen LogP contribution in [0.2, 0.25) is 10.0 Å². The van der Waals surface area contributed by atoms with Crippen LogP contribution in [0.1, 0.15) is 15.9 Å². The number of ether oxygens (including phenoxy) is 3. The predicted molar refractivity (Wildman–Crippen MR) is 90.6 cm³/mol. The average molecular weight is 367 g/mol. The topological polar surface area (TPSA) is 69.2 Å². The van der Waals surface area contributed by atoms with Gasteiger partial charge in [0.2, 0.25) is 6.79 Å². The molecule has 0 unspecified atom stereocenters. The maximum Gasteiger partial charge on any atom is 0.272 e. The van der Waals surface area contributed by atoms with Crippen molar-refractivity contribution in [3.05, 3.63) is 51.5 Å². The summed E-state index contributed by atoms with van der Waals surface area (Å²) in [6.45, 7) is 0.158. The lowest BCUT2D eigenvalue weighted by atomic mass is 10.2. The van der Waals surface area contributed by atoms with Crippen molar-refractivity contribution in [1.82, 2.24) is 5.43 Å². The molecule has 2 aromatic carbocycles. The number of hydrazone groups is 1. The van der Waals surface area contributed by atoms with Crippen LogP contribution in [-0.2, 0) is 0 Å². The highest BCUT2D eigenvalue weighted by molar-refractivity contribution is 6.36. The normalized spacial score (nSPS) is 12.5. The number of nitrogens with one attached hydrogen (secondary N) is 1. The summed E-state index contributed by atoms with van der Waals surface area (Å²) in [5, 5.41) is 4.62. The highest BCUT2D eigenvalue weighted by Crippen LogP contribution is 2.37. The second-order valence-corrected chi connectivity index (χ2v) is 5.61. The van der Waals surface area contributed by atoms with Crippen molar-refractivity contribution >= 4 is 35.3 Å². The van der Waals surface area contributed by atoms with Crippen molar-refractivity contribution in [3.63, 3.8) is 0 Å². The van der Waals surface area contributed by atoms with Gasteiger partial charge >= 0.3 is 0 Å². The summed E-state index contributed by atoms with van der Waals surface area (Å²) in [4.78, 5) is 12.1. The predicted octanol–water partition coefficient (Wildman–Crippen LogP) is 3.49. The molecule has 1 heterocycles. The summed E-state index contributed by atoms with van der Waals surface area (Å²) in [6, 6.07) is 8.00. The fourth-order valence-electron chi connectivity index (χ4n) is 2.11. The van der Waals surface area contributed by atoms with Crippen LogP contribution in [-0.4, -0.2) is 26.0 Å². The van der Waals surface area contributed by atoms with Gasteiger partial charge in [0.05, 0.1) is 23.9 Å². The van der Waals surface area contributed by atoms with Crippen LogP contribution < -0.4 is 19.6 Å². The molecule has 24 heavy (non-hydrogen) atoms. The van der Waals surface area contributed by atoms with E-state index >= 15 is 0 Å². The highest BCUT2D eigenvalue weighted by Gasteiger charge is 2.17. The van der Waals surface area contributed by atoms with Gasteiger partial charge in [0.1, 0.15) is 5.75 Å². The first kappa shape index (κ1) is 16.4. The maximum absolute atomic E-state index is 12.1. The Hall–Kier alpha value is -2.44. The van der Waals surface area contributed by atoms with Gasteiger partial charge in [-0.3, -0.25) is 4.79 Å². The summed E-state index contributed by atoms with van der Waals surface area (Å²) in [7, 11) is 1.53. The molecule has 1 amide bonds. The van der Waals surface area contributed by atoms with Crippen LogP contribution in [0.4, 0.5) is 0 Å². The van der Waals surface area contributed by atoms with Gasteiger partial charge in [-0.25, -0.2) is 5.43 Å². The second-order valence-electron chi connectivity index (χ2n) is 4.77. The Morgan fingerprint density at radius 3 is 2.71 bits per heavy atom. The smallest absolute Gasteiger partial charge is 0.272 e. The third kappa shape index (κ3) is 3.39. The molecule has 0 atom stereocenters. The van der Waals surface area contributed by atoms with Crippen LogP contribution in [0.25, 0.3) is 0 Å². The zero-order chi connectivity index (χ0) is 17.1. The molecule has 1 N–H and O–H groups in total. The number of carbonyl (C=O) groups is 1. The molecule has 0 aliphatic carbocycles. The fourth-order valence-corrected chi connectivity index (χ4v) is 2.61. The third-order valence-electron chi connectivity index (χ3n) is 3.27. The summed E-state index contributed by atoms with van der Waals surface area (Å²) in [5.74, 6) is 1.28. The Kier molecular flexibility index (Phi) is 4.78. The Balaban J connectivity index is 1.75. The number of methoxy groups -OCH3 is 1. The zero-order valence-electron chi connectivity index (χ0n) is 12.5. The molecule has 0 aromatic heterocycles. The van der Waals surface area contributed by atoms with E-state index in [9.17, 15) is 4.79 Å². The number of rotatable bonds is 4. The van der Waals surface area contributed by atoms with E-state index < -0.39 is 5.91 Å². The summed E-state index contributed by atoms with van der Waals surface area (Å²) in [6.07, 6.45) is 1.45. The van der Waals surface area contributed by atoms with E-state index in [-0.39, 0.29) is 17.4 Å². The number of benzene rings is 2. The van der Waals surface area contributed by atoms with E-state index in [0.29, 0.717) is 27.8 Å². The Bertz CT molecular complexity index is 824. The fraction of sp³-hybridized carbons (Fsp3) is 0.125. The van der Waals surface area contributed by atoms with E-state index in [4.69, 9.17) is 37.4 Å². The van der Waals surface area contributed by atoms with E-state index in [1.165, 1.54) is 25.5 Å². The van der Waals surface area contributed by atoms with Gasteiger partial charge in [-0.2, -0.15) is 5.10 Å². The monoisotopic (exact) mass is 366 g/mol. The minimum atomic E-state index is -0.451. The van der Waals surface area contributed by atoms with Crippen LogP contribution in [0.15, 0.2) is 35.4 Å². The van der Waals surface area contributed by atoms with Gasteiger partial charge < -0.3 is 14.2 Å². The lowest BCUT2D eigenvalue weighted by Crippen LogP contribution is -2.18. The first-order valence-corrected chi connectivity index (χ1v) is 7.60. The molecule has 2 aromatic rings. The lowest BCUT2D eigenvalue weighted by molar-refractivity contribution is 0.0955. The van der Waals surface area contributed by atoms with Crippen LogP contribution in [0, 0.1) is 0 Å². The van der Waals surface area contributed by atoms with Crippen molar-refractivity contribution in [2.24, 2.45) is 5.10 Å². The van der Waals surface area contributed by atoms with E-state index in [0.717, 1.165) is 0 Å². The zero-order valence-corrected chi connectivity index (χ0v) is 14.0. The molecule has 0 bridgehead atoms. The van der Waals surface area contributed by atoms with Crippen LogP contribution >= 0.6 is 23.2 Å². The number of nitrogens with zero attached hydrogens (tertiary/aromatic N) is 1. The standard InChI is InChI=1S/C16H12Cl2N2O4/c1-22-13-6-15-14(23-8-24-15)4-9(13)7-19-20-16(21)11-3-2-10(17)5-12(11)18/h2-7H,8H2,1H3,(H,20,21)/b19-7+. The van der Waals surface area contributed by atoms with Gasteiger partial charge in [0.25, 0.3) is 5.91 Å². The van der Waals surface area contributed by atoms with Crippen molar-refractivity contribution in [2.45, 2.75) is 0 Å². The van der Waals surface area contributed by atoms with Gasteiger partial charge in [0.15, 0.2) is 11.5 Å². The van der Waals surface area contributed by atoms with Crippen molar-refractivity contribution in [1.29, 1.82) is 0 Å². The van der Waals surface area contributed by atoms with Crippen molar-refractivity contribution in [2.75, 3.05) is 13.9 Å². The molecular formula is C16H12Cl2N2O4. The summed E-state index contributed by atoms with van der Waals surface area (Å²) >= 11 is 11.8. The van der Waals surface area contributed by atoms with E-state index in [1.807, 2.05) is 0 Å². The van der Waals surface area contributed by atoms with Crippen molar-refractivity contribution < 1.29 is 19.0 Å². The number of fused-ring (bicyclic) bond motifs is 1. The quantitative estimate of drug-likeness (QED) is 0.664. The van der Waals surface area contributed by atoms with Gasteiger partial charge in [-0.1, -0.05) is 23.2 Å². The minimum absolute atomic E-state index is 0.158.